The molecular formula is C16H25ClN2O3. The van der Waals surface area contributed by atoms with Crippen LogP contribution in [0, 0.1) is 6.92 Å². The number of ether oxygens (including phenoxy) is 2. The third-order valence-corrected chi connectivity index (χ3v) is 4.08. The number of aryl methyl sites for hydroxylation is 1. The van der Waals surface area contributed by atoms with Gasteiger partial charge in [-0.2, -0.15) is 0 Å². The first-order valence-electron chi connectivity index (χ1n) is 7.34. The SMILES string of the molecule is COc1cc(C)c(C(=O)NC2CCC(N)CC2)cc1OC.Cl. The summed E-state index contributed by atoms with van der Waals surface area (Å²) in [5, 5.41) is 3.09. The third-order valence-electron chi connectivity index (χ3n) is 4.08. The Morgan fingerprint density at radius 1 is 1.14 bits per heavy atom. The lowest BCUT2D eigenvalue weighted by Crippen LogP contribution is -2.40. The summed E-state index contributed by atoms with van der Waals surface area (Å²) in [5.74, 6) is 1.14. The average molecular weight is 329 g/mol. The van der Waals surface area contributed by atoms with Crippen molar-refractivity contribution in [1.82, 2.24) is 5.32 Å². The van der Waals surface area contributed by atoms with Gasteiger partial charge in [0.15, 0.2) is 11.5 Å². The highest BCUT2D eigenvalue weighted by atomic mass is 35.5. The number of carbonyl (C=O) groups is 1. The number of hydrogen-bond acceptors (Lipinski definition) is 4. The maximum Gasteiger partial charge on any atom is 0.251 e. The Labute approximate surface area is 138 Å². The summed E-state index contributed by atoms with van der Waals surface area (Å²) in [4.78, 5) is 12.4. The van der Waals surface area contributed by atoms with E-state index in [-0.39, 0.29) is 30.4 Å². The highest BCUT2D eigenvalue weighted by Crippen LogP contribution is 2.30. The third kappa shape index (κ3) is 4.27. The molecule has 3 N–H and O–H groups in total. The van der Waals surface area contributed by atoms with Crippen LogP contribution < -0.4 is 20.5 Å². The Bertz CT molecular complexity index is 514. The van der Waals surface area contributed by atoms with Crippen molar-refractivity contribution in [2.45, 2.75) is 44.7 Å². The first-order valence-corrected chi connectivity index (χ1v) is 7.34. The fourth-order valence-electron chi connectivity index (χ4n) is 2.75. The van der Waals surface area contributed by atoms with Crippen LogP contribution in [0.15, 0.2) is 12.1 Å². The van der Waals surface area contributed by atoms with Gasteiger partial charge in [-0.05, 0) is 50.3 Å². The van der Waals surface area contributed by atoms with Crippen molar-refractivity contribution in [2.24, 2.45) is 5.73 Å². The molecule has 0 unspecified atom stereocenters. The van der Waals surface area contributed by atoms with E-state index >= 15 is 0 Å². The van der Waals surface area contributed by atoms with E-state index in [1.54, 1.807) is 20.3 Å². The molecule has 0 heterocycles. The van der Waals surface area contributed by atoms with Gasteiger partial charge in [0.2, 0.25) is 0 Å². The zero-order chi connectivity index (χ0) is 15.4. The van der Waals surface area contributed by atoms with E-state index in [0.717, 1.165) is 31.2 Å². The molecule has 0 atom stereocenters. The standard InChI is InChI=1S/C16H24N2O3.ClH/c1-10-8-14(20-2)15(21-3)9-13(10)16(19)18-12-6-4-11(17)5-7-12;/h8-9,11-12H,4-7,17H2,1-3H3,(H,18,19);1H. The number of methoxy groups -OCH3 is 2. The van der Waals surface area contributed by atoms with Crippen molar-refractivity contribution in [2.75, 3.05) is 14.2 Å². The van der Waals surface area contributed by atoms with Gasteiger partial charge in [0, 0.05) is 17.6 Å². The lowest BCUT2D eigenvalue weighted by atomic mass is 9.91. The molecule has 0 spiro atoms. The van der Waals surface area contributed by atoms with Crippen molar-refractivity contribution in [1.29, 1.82) is 0 Å². The monoisotopic (exact) mass is 328 g/mol. The summed E-state index contributed by atoms with van der Waals surface area (Å²) in [6.45, 7) is 1.90. The van der Waals surface area contributed by atoms with E-state index < -0.39 is 0 Å². The first-order chi connectivity index (χ1) is 10.0. The topological polar surface area (TPSA) is 73.6 Å². The molecule has 1 saturated carbocycles. The predicted molar refractivity (Wildman–Crippen MR) is 89.2 cm³/mol. The molecule has 0 radical (unpaired) electrons. The largest absolute Gasteiger partial charge is 0.493 e. The molecule has 5 nitrogen and oxygen atoms in total. The average Bonchev–Trinajstić information content (AvgIpc) is 2.49. The second-order valence-electron chi connectivity index (χ2n) is 5.61. The molecule has 1 amide bonds. The Morgan fingerprint density at radius 2 is 1.68 bits per heavy atom. The number of hydrogen-bond donors (Lipinski definition) is 2. The summed E-state index contributed by atoms with van der Waals surface area (Å²) in [5.41, 5.74) is 7.39. The molecule has 1 fully saturated rings. The number of nitrogens with one attached hydrogen (secondary N) is 1. The van der Waals surface area contributed by atoms with Crippen molar-refractivity contribution < 1.29 is 14.3 Å². The van der Waals surface area contributed by atoms with E-state index in [0.29, 0.717) is 17.1 Å². The number of carbonyl (C=O) groups excluding carboxylic acids is 1. The molecule has 0 saturated heterocycles. The maximum absolute atomic E-state index is 12.4. The molecule has 124 valence electrons. The van der Waals surface area contributed by atoms with Crippen LogP contribution in [0.4, 0.5) is 0 Å². The van der Waals surface area contributed by atoms with Crippen molar-refractivity contribution >= 4 is 18.3 Å². The Morgan fingerprint density at radius 3 is 2.23 bits per heavy atom. The van der Waals surface area contributed by atoms with E-state index in [1.165, 1.54) is 0 Å². The summed E-state index contributed by atoms with van der Waals surface area (Å²) in [6.07, 6.45) is 3.82. The van der Waals surface area contributed by atoms with E-state index in [9.17, 15) is 4.79 Å². The second kappa shape index (κ2) is 8.25. The molecule has 0 aromatic heterocycles. The molecule has 1 aliphatic carbocycles. The van der Waals surface area contributed by atoms with Gasteiger partial charge in [0.1, 0.15) is 0 Å². The lowest BCUT2D eigenvalue weighted by molar-refractivity contribution is 0.0925. The minimum absolute atomic E-state index is 0. The van der Waals surface area contributed by atoms with Crippen LogP contribution in [0.25, 0.3) is 0 Å². The van der Waals surface area contributed by atoms with Crippen LogP contribution in [-0.4, -0.2) is 32.2 Å². The van der Waals surface area contributed by atoms with Crippen LogP contribution in [0.3, 0.4) is 0 Å². The molecule has 2 rings (SSSR count). The molecule has 1 aliphatic rings. The number of amides is 1. The maximum atomic E-state index is 12.4. The molecule has 22 heavy (non-hydrogen) atoms. The van der Waals surface area contributed by atoms with Crippen LogP contribution in [0.5, 0.6) is 11.5 Å². The highest BCUT2D eigenvalue weighted by Gasteiger charge is 2.22. The molecule has 6 heteroatoms. The van der Waals surface area contributed by atoms with Gasteiger partial charge in [-0.15, -0.1) is 12.4 Å². The fourth-order valence-corrected chi connectivity index (χ4v) is 2.75. The Hall–Kier alpha value is -1.46. The van der Waals surface area contributed by atoms with Gasteiger partial charge in [-0.25, -0.2) is 0 Å². The zero-order valence-electron chi connectivity index (χ0n) is 13.3. The summed E-state index contributed by atoms with van der Waals surface area (Å²) < 4.78 is 10.5. The number of rotatable bonds is 4. The van der Waals surface area contributed by atoms with E-state index in [2.05, 4.69) is 5.32 Å². The van der Waals surface area contributed by atoms with Crippen LogP contribution in [0.1, 0.15) is 41.6 Å². The van der Waals surface area contributed by atoms with E-state index in [4.69, 9.17) is 15.2 Å². The highest BCUT2D eigenvalue weighted by molar-refractivity contribution is 5.96. The fraction of sp³-hybridized carbons (Fsp3) is 0.562. The predicted octanol–water partition coefficient (Wildman–Crippen LogP) is 2.43. The van der Waals surface area contributed by atoms with Crippen LogP contribution in [-0.2, 0) is 0 Å². The summed E-state index contributed by atoms with van der Waals surface area (Å²) >= 11 is 0. The molecule has 1 aromatic carbocycles. The molecule has 0 bridgehead atoms. The van der Waals surface area contributed by atoms with Gasteiger partial charge in [0.05, 0.1) is 14.2 Å². The first kappa shape index (κ1) is 18.6. The Balaban J connectivity index is 0.00000242. The normalized spacial score (nSPS) is 20.7. The van der Waals surface area contributed by atoms with Gasteiger partial charge < -0.3 is 20.5 Å². The van der Waals surface area contributed by atoms with Gasteiger partial charge in [-0.3, -0.25) is 4.79 Å². The van der Waals surface area contributed by atoms with Gasteiger partial charge in [-0.1, -0.05) is 0 Å². The summed E-state index contributed by atoms with van der Waals surface area (Å²) in [6, 6.07) is 4.05. The number of halogens is 1. The molecular weight excluding hydrogens is 304 g/mol. The minimum Gasteiger partial charge on any atom is -0.493 e. The van der Waals surface area contributed by atoms with Gasteiger partial charge >= 0.3 is 0 Å². The van der Waals surface area contributed by atoms with Crippen molar-refractivity contribution in [3.63, 3.8) is 0 Å². The molecule has 1 aromatic rings. The van der Waals surface area contributed by atoms with Crippen LogP contribution >= 0.6 is 12.4 Å². The van der Waals surface area contributed by atoms with Gasteiger partial charge in [0.25, 0.3) is 5.91 Å². The minimum atomic E-state index is -0.0612. The van der Waals surface area contributed by atoms with Crippen molar-refractivity contribution in [3.05, 3.63) is 23.3 Å². The molecule has 0 aliphatic heterocycles. The smallest absolute Gasteiger partial charge is 0.251 e. The Kier molecular flexibility index (Phi) is 6.97. The van der Waals surface area contributed by atoms with E-state index in [1.807, 2.05) is 13.0 Å². The quantitative estimate of drug-likeness (QED) is 0.890. The van der Waals surface area contributed by atoms with Crippen molar-refractivity contribution in [3.8, 4) is 11.5 Å². The zero-order valence-corrected chi connectivity index (χ0v) is 14.2. The number of nitrogens with two attached hydrogens (primary N) is 1. The summed E-state index contributed by atoms with van der Waals surface area (Å²) in [7, 11) is 3.15. The number of benzene rings is 1. The van der Waals surface area contributed by atoms with Crippen LogP contribution in [0.2, 0.25) is 0 Å². The second-order valence-corrected chi connectivity index (χ2v) is 5.61. The lowest BCUT2D eigenvalue weighted by Gasteiger charge is -2.27.